The number of hydrogen-bond acceptors (Lipinski definition) is 3. The van der Waals surface area contributed by atoms with E-state index >= 15 is 0 Å². The molecule has 3 heterocycles. The van der Waals surface area contributed by atoms with Crippen LogP contribution in [-0.2, 0) is 5.54 Å². The Bertz CT molecular complexity index is 624. The van der Waals surface area contributed by atoms with Crippen LogP contribution in [0.15, 0.2) is 29.9 Å². The summed E-state index contributed by atoms with van der Waals surface area (Å²) in [5.74, 6) is 0.0985. The zero-order valence-electron chi connectivity index (χ0n) is 12.7. The number of carbonyl (C=O) groups is 1. The van der Waals surface area contributed by atoms with E-state index in [4.69, 9.17) is 0 Å². The lowest BCUT2D eigenvalue weighted by Crippen LogP contribution is -2.30. The summed E-state index contributed by atoms with van der Waals surface area (Å²) >= 11 is 1.73. The quantitative estimate of drug-likeness (QED) is 0.849. The van der Waals surface area contributed by atoms with E-state index in [2.05, 4.69) is 43.4 Å². The van der Waals surface area contributed by atoms with Gasteiger partial charge in [0.05, 0.1) is 23.3 Å². The first kappa shape index (κ1) is 14.3. The van der Waals surface area contributed by atoms with Gasteiger partial charge in [0.15, 0.2) is 0 Å². The molecule has 0 aromatic carbocycles. The molecule has 0 saturated carbocycles. The number of thiophene rings is 1. The van der Waals surface area contributed by atoms with Gasteiger partial charge in [0, 0.05) is 17.6 Å². The first-order valence-electron chi connectivity index (χ1n) is 7.36. The maximum atomic E-state index is 12.8. The molecule has 0 N–H and O–H groups in total. The second-order valence-electron chi connectivity index (χ2n) is 6.52. The van der Waals surface area contributed by atoms with Crippen molar-refractivity contribution in [1.29, 1.82) is 0 Å². The Kier molecular flexibility index (Phi) is 3.61. The van der Waals surface area contributed by atoms with Crippen LogP contribution < -0.4 is 0 Å². The van der Waals surface area contributed by atoms with Crippen molar-refractivity contribution in [2.45, 2.75) is 45.2 Å². The van der Waals surface area contributed by atoms with E-state index in [0.29, 0.717) is 5.56 Å². The van der Waals surface area contributed by atoms with E-state index in [9.17, 15) is 4.79 Å². The van der Waals surface area contributed by atoms with Crippen LogP contribution in [0.4, 0.5) is 0 Å². The zero-order chi connectivity index (χ0) is 15.0. The lowest BCUT2D eigenvalue weighted by Gasteiger charge is -2.23. The van der Waals surface area contributed by atoms with Crippen molar-refractivity contribution in [2.24, 2.45) is 0 Å². The van der Waals surface area contributed by atoms with Gasteiger partial charge in [-0.15, -0.1) is 11.3 Å². The Labute approximate surface area is 129 Å². The summed E-state index contributed by atoms with van der Waals surface area (Å²) < 4.78 is 1.86. The highest BCUT2D eigenvalue weighted by Gasteiger charge is 2.32. The number of hydrogen-bond donors (Lipinski definition) is 0. The molecule has 0 spiro atoms. The molecule has 21 heavy (non-hydrogen) atoms. The predicted molar refractivity (Wildman–Crippen MR) is 84.6 cm³/mol. The Morgan fingerprint density at radius 2 is 2.24 bits per heavy atom. The molecule has 2 aromatic rings. The molecular formula is C16H21N3OS. The molecule has 0 bridgehead atoms. The molecule has 0 aliphatic carbocycles. The molecule has 1 fully saturated rings. The molecule has 0 radical (unpaired) electrons. The van der Waals surface area contributed by atoms with Crippen molar-refractivity contribution >= 4 is 17.2 Å². The Morgan fingerprint density at radius 1 is 1.43 bits per heavy atom. The van der Waals surface area contributed by atoms with Gasteiger partial charge in [-0.1, -0.05) is 6.07 Å². The largest absolute Gasteiger partial charge is 0.331 e. The van der Waals surface area contributed by atoms with Gasteiger partial charge in [0.1, 0.15) is 0 Å². The van der Waals surface area contributed by atoms with Gasteiger partial charge in [0.2, 0.25) is 0 Å². The van der Waals surface area contributed by atoms with Gasteiger partial charge in [-0.05, 0) is 45.1 Å². The number of amides is 1. The summed E-state index contributed by atoms with van der Waals surface area (Å²) in [4.78, 5) is 16.0. The molecule has 1 aliphatic heterocycles. The topological polar surface area (TPSA) is 38.1 Å². The second-order valence-corrected chi connectivity index (χ2v) is 7.50. The number of aromatic nitrogens is 2. The Morgan fingerprint density at radius 3 is 2.86 bits per heavy atom. The molecular weight excluding hydrogens is 282 g/mol. The van der Waals surface area contributed by atoms with Crippen molar-refractivity contribution in [3.05, 3.63) is 40.3 Å². The fourth-order valence-electron chi connectivity index (χ4n) is 2.75. The van der Waals surface area contributed by atoms with Crippen LogP contribution in [0.5, 0.6) is 0 Å². The molecule has 1 aliphatic rings. The SMILES string of the molecule is CC(C)(C)n1cc(C(=O)N2CCC[C@H]2c2cccs2)cn1. The van der Waals surface area contributed by atoms with E-state index < -0.39 is 0 Å². The molecule has 112 valence electrons. The van der Waals surface area contributed by atoms with Crippen LogP contribution in [0.3, 0.4) is 0 Å². The molecule has 1 amide bonds. The summed E-state index contributed by atoms with van der Waals surface area (Å²) in [5.41, 5.74) is 0.588. The average molecular weight is 303 g/mol. The van der Waals surface area contributed by atoms with E-state index in [1.807, 2.05) is 15.8 Å². The zero-order valence-corrected chi connectivity index (χ0v) is 13.6. The van der Waals surface area contributed by atoms with Crippen molar-refractivity contribution in [2.75, 3.05) is 6.54 Å². The average Bonchev–Trinajstić information content (AvgIpc) is 3.16. The number of rotatable bonds is 2. The monoisotopic (exact) mass is 303 g/mol. The van der Waals surface area contributed by atoms with Crippen LogP contribution >= 0.6 is 11.3 Å². The highest BCUT2D eigenvalue weighted by molar-refractivity contribution is 7.10. The highest BCUT2D eigenvalue weighted by atomic mass is 32.1. The summed E-state index contributed by atoms with van der Waals surface area (Å²) in [5, 5.41) is 6.42. The van der Waals surface area contributed by atoms with E-state index in [1.165, 1.54) is 4.88 Å². The number of nitrogens with zero attached hydrogens (tertiary/aromatic N) is 3. The fraction of sp³-hybridized carbons (Fsp3) is 0.500. The summed E-state index contributed by atoms with van der Waals surface area (Å²) in [6, 6.07) is 4.41. The first-order chi connectivity index (χ1) is 9.97. The maximum absolute atomic E-state index is 12.8. The van der Waals surface area contributed by atoms with Gasteiger partial charge in [0.25, 0.3) is 5.91 Å². The normalized spacial score (nSPS) is 19.2. The third-order valence-corrected chi connectivity index (χ3v) is 4.88. The van der Waals surface area contributed by atoms with E-state index in [1.54, 1.807) is 17.5 Å². The predicted octanol–water partition coefficient (Wildman–Crippen LogP) is 3.68. The van der Waals surface area contributed by atoms with Crippen molar-refractivity contribution < 1.29 is 4.79 Å². The molecule has 2 aromatic heterocycles. The lowest BCUT2D eigenvalue weighted by molar-refractivity contribution is 0.0737. The van der Waals surface area contributed by atoms with Gasteiger partial charge in [-0.2, -0.15) is 5.10 Å². The molecule has 1 saturated heterocycles. The van der Waals surface area contributed by atoms with E-state index in [-0.39, 0.29) is 17.5 Å². The van der Waals surface area contributed by atoms with Crippen molar-refractivity contribution in [3.63, 3.8) is 0 Å². The van der Waals surface area contributed by atoms with E-state index in [0.717, 1.165) is 19.4 Å². The molecule has 5 heteroatoms. The van der Waals surface area contributed by atoms with Crippen LogP contribution in [-0.4, -0.2) is 27.1 Å². The van der Waals surface area contributed by atoms with Crippen LogP contribution in [0.2, 0.25) is 0 Å². The third kappa shape index (κ3) is 2.75. The van der Waals surface area contributed by atoms with Crippen LogP contribution in [0, 0.1) is 0 Å². The standard InChI is InChI=1S/C16H21N3OS/c1-16(2,3)19-11-12(10-17-19)15(20)18-8-4-6-13(18)14-7-5-9-21-14/h5,7,9-11,13H,4,6,8H2,1-3H3/t13-/m0/s1. The summed E-state index contributed by atoms with van der Waals surface area (Å²) in [6.07, 6.45) is 5.69. The smallest absolute Gasteiger partial charge is 0.257 e. The molecule has 4 nitrogen and oxygen atoms in total. The fourth-order valence-corrected chi connectivity index (χ4v) is 3.63. The Hall–Kier alpha value is -1.62. The van der Waals surface area contributed by atoms with Gasteiger partial charge < -0.3 is 4.90 Å². The highest BCUT2D eigenvalue weighted by Crippen LogP contribution is 2.35. The van der Waals surface area contributed by atoms with Gasteiger partial charge >= 0.3 is 0 Å². The maximum Gasteiger partial charge on any atom is 0.257 e. The third-order valence-electron chi connectivity index (χ3n) is 3.90. The summed E-state index contributed by atoms with van der Waals surface area (Å²) in [7, 11) is 0. The van der Waals surface area contributed by atoms with Gasteiger partial charge in [-0.25, -0.2) is 0 Å². The molecule has 3 rings (SSSR count). The van der Waals surface area contributed by atoms with Crippen LogP contribution in [0.1, 0.15) is 54.9 Å². The minimum Gasteiger partial charge on any atom is -0.331 e. The first-order valence-corrected chi connectivity index (χ1v) is 8.24. The van der Waals surface area contributed by atoms with Crippen LogP contribution in [0.25, 0.3) is 0 Å². The minimum atomic E-state index is -0.101. The molecule has 0 unspecified atom stereocenters. The molecule has 1 atom stereocenters. The number of carbonyl (C=O) groups excluding carboxylic acids is 1. The lowest BCUT2D eigenvalue weighted by atomic mass is 10.1. The van der Waals surface area contributed by atoms with Gasteiger partial charge in [-0.3, -0.25) is 9.48 Å². The van der Waals surface area contributed by atoms with Crippen molar-refractivity contribution in [1.82, 2.24) is 14.7 Å². The minimum absolute atomic E-state index is 0.0985. The van der Waals surface area contributed by atoms with Crippen molar-refractivity contribution in [3.8, 4) is 0 Å². The second kappa shape index (κ2) is 5.30. The summed E-state index contributed by atoms with van der Waals surface area (Å²) in [6.45, 7) is 7.08. The Balaban J connectivity index is 1.83. The number of likely N-dealkylation sites (tertiary alicyclic amines) is 1.